The molecule has 1 aromatic carbocycles. The molecule has 2 aliphatic heterocycles. The minimum atomic E-state index is -3.28. The Hall–Kier alpha value is -2.35. The van der Waals surface area contributed by atoms with E-state index in [1.807, 2.05) is 12.1 Å². The van der Waals surface area contributed by atoms with Gasteiger partial charge in [-0.15, -0.1) is 0 Å². The van der Waals surface area contributed by atoms with Gasteiger partial charge in [-0.2, -0.15) is 0 Å². The Morgan fingerprint density at radius 2 is 1.77 bits per heavy atom. The van der Waals surface area contributed by atoms with E-state index in [4.69, 9.17) is 0 Å². The Kier molecular flexibility index (Phi) is 4.44. The summed E-state index contributed by atoms with van der Waals surface area (Å²) in [6.07, 6.45) is 6.03. The zero-order chi connectivity index (χ0) is 18.1. The number of nitrogens with one attached hydrogen (secondary N) is 1. The van der Waals surface area contributed by atoms with Crippen molar-refractivity contribution in [2.24, 2.45) is 0 Å². The number of nitrogens with zero attached hydrogens (tertiary/aromatic N) is 4. The minimum Gasteiger partial charge on any atom is -0.356 e. The standard InChI is InChI=1S/C18H23N5O2S/c1-26(24,25)21-16-6-4-5-14-12-23(10-7-15(14)16)18-11-17(19-13-20-18)22-8-2-3-9-22/h4-6,11,13,21H,2-3,7-10,12H2,1H3. The van der Waals surface area contributed by atoms with Crippen molar-refractivity contribution >= 4 is 27.3 Å². The van der Waals surface area contributed by atoms with E-state index in [0.29, 0.717) is 12.2 Å². The molecule has 1 saturated heterocycles. The number of anilines is 3. The van der Waals surface area contributed by atoms with Crippen molar-refractivity contribution in [3.63, 3.8) is 0 Å². The van der Waals surface area contributed by atoms with Crippen molar-refractivity contribution in [1.29, 1.82) is 0 Å². The Bertz CT molecular complexity index is 910. The van der Waals surface area contributed by atoms with E-state index >= 15 is 0 Å². The van der Waals surface area contributed by atoms with Crippen LogP contribution in [-0.2, 0) is 23.0 Å². The van der Waals surface area contributed by atoms with E-state index in [-0.39, 0.29) is 0 Å². The molecule has 2 aliphatic rings. The third-order valence-corrected chi connectivity index (χ3v) is 5.54. The molecule has 7 nitrogen and oxygen atoms in total. The monoisotopic (exact) mass is 373 g/mol. The van der Waals surface area contributed by atoms with Crippen LogP contribution in [0.5, 0.6) is 0 Å². The molecule has 0 unspecified atom stereocenters. The Balaban J connectivity index is 1.57. The molecule has 0 amide bonds. The first-order chi connectivity index (χ1) is 12.5. The largest absolute Gasteiger partial charge is 0.356 e. The summed E-state index contributed by atoms with van der Waals surface area (Å²) in [6.45, 7) is 3.62. The fraction of sp³-hybridized carbons (Fsp3) is 0.444. The van der Waals surface area contributed by atoms with Crippen molar-refractivity contribution in [2.45, 2.75) is 25.8 Å². The summed E-state index contributed by atoms with van der Waals surface area (Å²) in [5.74, 6) is 1.92. The summed E-state index contributed by atoms with van der Waals surface area (Å²) in [4.78, 5) is 13.4. The van der Waals surface area contributed by atoms with Crippen molar-refractivity contribution in [3.8, 4) is 0 Å². The molecule has 3 heterocycles. The lowest BCUT2D eigenvalue weighted by Crippen LogP contribution is -2.32. The topological polar surface area (TPSA) is 78.4 Å². The van der Waals surface area contributed by atoms with Gasteiger partial charge >= 0.3 is 0 Å². The van der Waals surface area contributed by atoms with Crippen LogP contribution in [0.4, 0.5) is 17.3 Å². The summed E-state index contributed by atoms with van der Waals surface area (Å²) in [7, 11) is -3.28. The van der Waals surface area contributed by atoms with Crippen molar-refractivity contribution < 1.29 is 8.42 Å². The molecular weight excluding hydrogens is 350 g/mol. The minimum absolute atomic E-state index is 0.685. The van der Waals surface area contributed by atoms with Crippen molar-refractivity contribution in [3.05, 3.63) is 41.7 Å². The molecule has 2 aromatic rings. The lowest BCUT2D eigenvalue weighted by atomic mass is 9.98. The molecule has 0 spiro atoms. The highest BCUT2D eigenvalue weighted by atomic mass is 32.2. The van der Waals surface area contributed by atoms with Gasteiger partial charge in [-0.3, -0.25) is 4.72 Å². The van der Waals surface area contributed by atoms with Crippen LogP contribution in [0.15, 0.2) is 30.6 Å². The average molecular weight is 373 g/mol. The molecule has 4 rings (SSSR count). The van der Waals surface area contributed by atoms with Crippen LogP contribution >= 0.6 is 0 Å². The number of hydrogen-bond donors (Lipinski definition) is 1. The average Bonchev–Trinajstić information content (AvgIpc) is 3.15. The second kappa shape index (κ2) is 6.75. The van der Waals surface area contributed by atoms with E-state index in [0.717, 1.165) is 48.8 Å². The molecule has 26 heavy (non-hydrogen) atoms. The van der Waals surface area contributed by atoms with Crippen LogP contribution in [0, 0.1) is 0 Å². The van der Waals surface area contributed by atoms with Gasteiger partial charge in [0.25, 0.3) is 0 Å². The van der Waals surface area contributed by atoms with Crippen LogP contribution in [0.1, 0.15) is 24.0 Å². The maximum Gasteiger partial charge on any atom is 0.229 e. The molecule has 0 saturated carbocycles. The molecule has 0 radical (unpaired) electrons. The summed E-state index contributed by atoms with van der Waals surface area (Å²) in [5, 5.41) is 0. The van der Waals surface area contributed by atoms with Crippen LogP contribution in [0.25, 0.3) is 0 Å². The molecule has 1 aromatic heterocycles. The Morgan fingerprint density at radius 3 is 2.50 bits per heavy atom. The zero-order valence-corrected chi connectivity index (χ0v) is 15.7. The second-order valence-electron chi connectivity index (χ2n) is 6.92. The van der Waals surface area contributed by atoms with Crippen LogP contribution in [-0.4, -0.2) is 44.3 Å². The molecule has 0 atom stereocenters. The van der Waals surface area contributed by atoms with Gasteiger partial charge in [0.2, 0.25) is 10.0 Å². The number of benzene rings is 1. The fourth-order valence-electron chi connectivity index (χ4n) is 3.73. The Morgan fingerprint density at radius 1 is 1.04 bits per heavy atom. The molecule has 1 N–H and O–H groups in total. The van der Waals surface area contributed by atoms with Gasteiger partial charge in [-0.25, -0.2) is 18.4 Å². The van der Waals surface area contributed by atoms with E-state index in [9.17, 15) is 8.42 Å². The number of hydrogen-bond acceptors (Lipinski definition) is 6. The number of rotatable bonds is 4. The predicted octanol–water partition coefficient (Wildman–Crippen LogP) is 2.01. The normalized spacial score (nSPS) is 17.3. The first-order valence-electron chi connectivity index (χ1n) is 8.90. The number of fused-ring (bicyclic) bond motifs is 1. The van der Waals surface area contributed by atoms with Crippen LogP contribution < -0.4 is 14.5 Å². The van der Waals surface area contributed by atoms with Gasteiger partial charge in [0.05, 0.1) is 11.9 Å². The summed E-state index contributed by atoms with van der Waals surface area (Å²) < 4.78 is 25.8. The lowest BCUT2D eigenvalue weighted by Gasteiger charge is -2.31. The summed E-state index contributed by atoms with van der Waals surface area (Å²) >= 11 is 0. The molecule has 8 heteroatoms. The van der Waals surface area contributed by atoms with Gasteiger partial charge in [-0.05, 0) is 36.5 Å². The zero-order valence-electron chi connectivity index (χ0n) is 14.9. The summed E-state index contributed by atoms with van der Waals surface area (Å²) in [6, 6.07) is 7.84. The third-order valence-electron chi connectivity index (χ3n) is 4.95. The highest BCUT2D eigenvalue weighted by Gasteiger charge is 2.22. The molecule has 1 fully saturated rings. The summed E-state index contributed by atoms with van der Waals surface area (Å²) in [5.41, 5.74) is 2.89. The highest BCUT2D eigenvalue weighted by Crippen LogP contribution is 2.30. The highest BCUT2D eigenvalue weighted by molar-refractivity contribution is 7.92. The smallest absolute Gasteiger partial charge is 0.229 e. The van der Waals surface area contributed by atoms with Crippen molar-refractivity contribution in [2.75, 3.05) is 40.4 Å². The van der Waals surface area contributed by atoms with Crippen molar-refractivity contribution in [1.82, 2.24) is 9.97 Å². The third kappa shape index (κ3) is 3.60. The van der Waals surface area contributed by atoms with Gasteiger partial charge in [0.1, 0.15) is 18.0 Å². The van der Waals surface area contributed by atoms with E-state index in [1.54, 1.807) is 6.33 Å². The van der Waals surface area contributed by atoms with Gasteiger partial charge < -0.3 is 9.80 Å². The van der Waals surface area contributed by atoms with Crippen LogP contribution in [0.2, 0.25) is 0 Å². The van der Waals surface area contributed by atoms with Gasteiger partial charge in [-0.1, -0.05) is 12.1 Å². The van der Waals surface area contributed by atoms with E-state index in [2.05, 4.69) is 36.6 Å². The SMILES string of the molecule is CS(=O)(=O)Nc1cccc2c1CCN(c1cc(N3CCCC3)ncn1)C2. The fourth-order valence-corrected chi connectivity index (χ4v) is 4.32. The second-order valence-corrected chi connectivity index (χ2v) is 8.67. The predicted molar refractivity (Wildman–Crippen MR) is 103 cm³/mol. The van der Waals surface area contributed by atoms with Gasteiger partial charge in [0.15, 0.2) is 0 Å². The molecule has 0 bridgehead atoms. The van der Waals surface area contributed by atoms with Gasteiger partial charge in [0, 0.05) is 32.2 Å². The first-order valence-corrected chi connectivity index (χ1v) is 10.8. The maximum absolute atomic E-state index is 11.6. The molecular formula is C18H23N5O2S. The van der Waals surface area contributed by atoms with E-state index < -0.39 is 10.0 Å². The molecule has 0 aliphatic carbocycles. The number of aromatic nitrogens is 2. The van der Waals surface area contributed by atoms with Crippen LogP contribution in [0.3, 0.4) is 0 Å². The lowest BCUT2D eigenvalue weighted by molar-refractivity contribution is 0.606. The first kappa shape index (κ1) is 17.1. The molecule has 138 valence electrons. The maximum atomic E-state index is 11.6. The Labute approximate surface area is 154 Å². The number of sulfonamides is 1. The quantitative estimate of drug-likeness (QED) is 0.883. The van der Waals surface area contributed by atoms with E-state index in [1.165, 1.54) is 19.1 Å².